The third kappa shape index (κ3) is 3.85. The van der Waals surface area contributed by atoms with Gasteiger partial charge in [0.05, 0.1) is 7.11 Å². The van der Waals surface area contributed by atoms with Crippen molar-refractivity contribution in [1.82, 2.24) is 5.32 Å². The Balaban J connectivity index is 1.91. The number of rotatable bonds is 6. The van der Waals surface area contributed by atoms with Crippen LogP contribution in [0.15, 0.2) is 48.5 Å². The van der Waals surface area contributed by atoms with E-state index in [0.29, 0.717) is 12.5 Å². The average molecular weight is 339 g/mol. The largest absolute Gasteiger partial charge is 0.497 e. The van der Waals surface area contributed by atoms with E-state index in [2.05, 4.69) is 41.7 Å². The third-order valence-corrected chi connectivity index (χ3v) is 5.16. The van der Waals surface area contributed by atoms with Gasteiger partial charge in [-0.2, -0.15) is 0 Å². The first-order chi connectivity index (χ1) is 12.1. The number of hydrogen-bond donors (Lipinski definition) is 2. The predicted molar refractivity (Wildman–Crippen MR) is 98.2 cm³/mol. The lowest BCUT2D eigenvalue weighted by atomic mass is 9.71. The van der Waals surface area contributed by atoms with E-state index in [1.54, 1.807) is 14.0 Å². The number of benzene rings is 2. The second-order valence-corrected chi connectivity index (χ2v) is 6.72. The predicted octanol–water partition coefficient (Wildman–Crippen LogP) is 3.45. The van der Waals surface area contributed by atoms with Crippen molar-refractivity contribution in [3.63, 3.8) is 0 Å². The highest BCUT2D eigenvalue weighted by atomic mass is 16.5. The SMILES string of the molecule is COc1ccc2c(c1)CCC(CNC(C)C(=O)O)C2c1ccccc1. The first-order valence-electron chi connectivity index (χ1n) is 8.78. The first kappa shape index (κ1) is 17.5. The maximum atomic E-state index is 11.1. The molecule has 0 aromatic heterocycles. The van der Waals surface area contributed by atoms with Crippen LogP contribution in [0.2, 0.25) is 0 Å². The smallest absolute Gasteiger partial charge is 0.320 e. The molecule has 132 valence electrons. The van der Waals surface area contributed by atoms with Crippen LogP contribution < -0.4 is 10.1 Å². The van der Waals surface area contributed by atoms with Crippen LogP contribution in [0.25, 0.3) is 0 Å². The van der Waals surface area contributed by atoms with Gasteiger partial charge in [-0.25, -0.2) is 0 Å². The summed E-state index contributed by atoms with van der Waals surface area (Å²) in [5, 5.41) is 12.3. The molecule has 4 nitrogen and oxygen atoms in total. The zero-order valence-electron chi connectivity index (χ0n) is 14.7. The van der Waals surface area contributed by atoms with E-state index < -0.39 is 12.0 Å². The molecule has 0 spiro atoms. The summed E-state index contributed by atoms with van der Waals surface area (Å²) in [5.41, 5.74) is 3.94. The molecule has 1 aliphatic rings. The van der Waals surface area contributed by atoms with Crippen molar-refractivity contribution >= 4 is 5.97 Å². The monoisotopic (exact) mass is 339 g/mol. The number of fused-ring (bicyclic) bond motifs is 1. The zero-order valence-corrected chi connectivity index (χ0v) is 14.7. The van der Waals surface area contributed by atoms with Gasteiger partial charge in [-0.1, -0.05) is 36.4 Å². The van der Waals surface area contributed by atoms with Crippen molar-refractivity contribution in [1.29, 1.82) is 0 Å². The molecular formula is C21H25NO3. The van der Waals surface area contributed by atoms with Crippen molar-refractivity contribution in [3.8, 4) is 5.75 Å². The van der Waals surface area contributed by atoms with Gasteiger partial charge in [0.1, 0.15) is 11.8 Å². The summed E-state index contributed by atoms with van der Waals surface area (Å²) in [5.74, 6) is 0.716. The van der Waals surface area contributed by atoms with E-state index in [1.807, 2.05) is 12.1 Å². The van der Waals surface area contributed by atoms with Gasteiger partial charge in [0.2, 0.25) is 0 Å². The molecule has 0 aliphatic heterocycles. The molecule has 0 saturated carbocycles. The number of carbonyl (C=O) groups is 1. The summed E-state index contributed by atoms with van der Waals surface area (Å²) in [6.45, 7) is 2.39. The van der Waals surface area contributed by atoms with Gasteiger partial charge in [0, 0.05) is 5.92 Å². The Morgan fingerprint density at radius 2 is 2.04 bits per heavy atom. The molecule has 0 amide bonds. The number of ether oxygens (including phenoxy) is 1. The normalized spacial score (nSPS) is 20.6. The first-order valence-corrected chi connectivity index (χ1v) is 8.78. The molecular weight excluding hydrogens is 314 g/mol. The molecule has 4 heteroatoms. The summed E-state index contributed by atoms with van der Waals surface area (Å²) in [6.07, 6.45) is 2.02. The van der Waals surface area contributed by atoms with Crippen LogP contribution in [0, 0.1) is 5.92 Å². The van der Waals surface area contributed by atoms with Gasteiger partial charge < -0.3 is 15.2 Å². The topological polar surface area (TPSA) is 58.6 Å². The second kappa shape index (κ2) is 7.70. The summed E-state index contributed by atoms with van der Waals surface area (Å²) in [4.78, 5) is 11.1. The van der Waals surface area contributed by atoms with Gasteiger partial charge in [-0.05, 0) is 61.1 Å². The third-order valence-electron chi connectivity index (χ3n) is 5.16. The maximum absolute atomic E-state index is 11.1. The molecule has 1 aliphatic carbocycles. The molecule has 0 radical (unpaired) electrons. The molecule has 0 heterocycles. The van der Waals surface area contributed by atoms with Crippen LogP contribution in [0.1, 0.15) is 36.0 Å². The lowest BCUT2D eigenvalue weighted by molar-refractivity contribution is -0.139. The van der Waals surface area contributed by atoms with Crippen LogP contribution in [-0.4, -0.2) is 30.8 Å². The van der Waals surface area contributed by atoms with E-state index in [-0.39, 0.29) is 5.92 Å². The molecule has 2 N–H and O–H groups in total. The summed E-state index contributed by atoms with van der Waals surface area (Å²) in [6, 6.07) is 16.3. The zero-order chi connectivity index (χ0) is 17.8. The Morgan fingerprint density at radius 3 is 2.72 bits per heavy atom. The number of aliphatic carboxylic acids is 1. The Bertz CT molecular complexity index is 729. The standard InChI is InChI=1S/C21H25NO3/c1-14(21(23)24)22-13-17-9-8-16-12-18(25-2)10-11-19(16)20(17)15-6-4-3-5-7-15/h3-7,10-12,14,17,20,22H,8-9,13H2,1-2H3,(H,23,24). The van der Waals surface area contributed by atoms with Crippen molar-refractivity contribution in [3.05, 3.63) is 65.2 Å². The highest BCUT2D eigenvalue weighted by molar-refractivity contribution is 5.72. The summed E-state index contributed by atoms with van der Waals surface area (Å²) >= 11 is 0. The quantitative estimate of drug-likeness (QED) is 0.846. The van der Waals surface area contributed by atoms with Gasteiger partial charge in [-0.15, -0.1) is 0 Å². The van der Waals surface area contributed by atoms with Gasteiger partial charge >= 0.3 is 5.97 Å². The average Bonchev–Trinajstić information content (AvgIpc) is 2.65. The van der Waals surface area contributed by atoms with Gasteiger partial charge in [0.15, 0.2) is 0 Å². The van der Waals surface area contributed by atoms with E-state index in [9.17, 15) is 4.79 Å². The second-order valence-electron chi connectivity index (χ2n) is 6.72. The number of aryl methyl sites for hydroxylation is 1. The Kier molecular flexibility index (Phi) is 5.39. The van der Waals surface area contributed by atoms with Crippen LogP contribution >= 0.6 is 0 Å². The van der Waals surface area contributed by atoms with Crippen LogP contribution in [0.3, 0.4) is 0 Å². The van der Waals surface area contributed by atoms with Crippen molar-refractivity contribution in [2.45, 2.75) is 31.7 Å². The van der Waals surface area contributed by atoms with Crippen molar-refractivity contribution < 1.29 is 14.6 Å². The highest BCUT2D eigenvalue weighted by Gasteiger charge is 2.31. The fourth-order valence-electron chi connectivity index (χ4n) is 3.74. The Labute approximate surface area is 148 Å². The number of carboxylic acid groups (broad SMARTS) is 1. The summed E-state index contributed by atoms with van der Waals surface area (Å²) < 4.78 is 5.38. The minimum Gasteiger partial charge on any atom is -0.497 e. The molecule has 25 heavy (non-hydrogen) atoms. The Hall–Kier alpha value is -2.33. The molecule has 2 aromatic rings. The van der Waals surface area contributed by atoms with E-state index in [4.69, 9.17) is 9.84 Å². The lowest BCUT2D eigenvalue weighted by Gasteiger charge is -2.35. The van der Waals surface area contributed by atoms with E-state index >= 15 is 0 Å². The van der Waals surface area contributed by atoms with Gasteiger partial charge in [0.25, 0.3) is 0 Å². The number of carboxylic acids is 1. The van der Waals surface area contributed by atoms with Crippen molar-refractivity contribution in [2.24, 2.45) is 5.92 Å². The molecule has 3 unspecified atom stereocenters. The molecule has 2 aromatic carbocycles. The van der Waals surface area contributed by atoms with Gasteiger partial charge in [-0.3, -0.25) is 4.79 Å². The fraction of sp³-hybridized carbons (Fsp3) is 0.381. The molecule has 0 bridgehead atoms. The molecule has 0 fully saturated rings. The van der Waals surface area contributed by atoms with E-state index in [1.165, 1.54) is 16.7 Å². The maximum Gasteiger partial charge on any atom is 0.320 e. The minimum absolute atomic E-state index is 0.268. The number of hydrogen-bond acceptors (Lipinski definition) is 3. The van der Waals surface area contributed by atoms with E-state index in [0.717, 1.165) is 18.6 Å². The minimum atomic E-state index is -0.808. The Morgan fingerprint density at radius 1 is 1.28 bits per heavy atom. The van der Waals surface area contributed by atoms with Crippen LogP contribution in [0.5, 0.6) is 5.75 Å². The van der Waals surface area contributed by atoms with Crippen molar-refractivity contribution in [2.75, 3.05) is 13.7 Å². The number of nitrogens with one attached hydrogen (secondary N) is 1. The van der Waals surface area contributed by atoms with Crippen LogP contribution in [0.4, 0.5) is 0 Å². The molecule has 3 atom stereocenters. The lowest BCUT2D eigenvalue weighted by Crippen LogP contribution is -2.39. The number of methoxy groups -OCH3 is 1. The molecule has 3 rings (SSSR count). The fourth-order valence-corrected chi connectivity index (χ4v) is 3.74. The van der Waals surface area contributed by atoms with Crippen LogP contribution in [-0.2, 0) is 11.2 Å². The highest BCUT2D eigenvalue weighted by Crippen LogP contribution is 2.41. The molecule has 0 saturated heterocycles. The summed E-state index contributed by atoms with van der Waals surface area (Å²) in [7, 11) is 1.69.